The molecule has 1 aromatic heterocycles. The molecule has 0 spiro atoms. The van der Waals surface area contributed by atoms with Gasteiger partial charge in [-0.3, -0.25) is 4.68 Å². The summed E-state index contributed by atoms with van der Waals surface area (Å²) < 4.78 is 7.85. The summed E-state index contributed by atoms with van der Waals surface area (Å²) >= 11 is 0. The zero-order valence-electron chi connectivity index (χ0n) is 14.7. The van der Waals surface area contributed by atoms with Gasteiger partial charge in [0.05, 0.1) is 13.1 Å². The lowest BCUT2D eigenvalue weighted by atomic mass is 10.2. The second-order valence-corrected chi connectivity index (χ2v) is 5.61. The zero-order valence-corrected chi connectivity index (χ0v) is 14.7. The molecule has 0 saturated carbocycles. The van der Waals surface area contributed by atoms with E-state index in [0.717, 1.165) is 36.9 Å². The molecule has 24 heavy (non-hydrogen) atoms. The van der Waals surface area contributed by atoms with Crippen molar-refractivity contribution in [3.63, 3.8) is 0 Å². The smallest absolute Gasteiger partial charge is 0.191 e. The van der Waals surface area contributed by atoms with Crippen molar-refractivity contribution in [2.75, 3.05) is 19.6 Å². The molecule has 0 fully saturated rings. The molecule has 0 aliphatic rings. The van der Waals surface area contributed by atoms with E-state index in [4.69, 9.17) is 4.74 Å². The van der Waals surface area contributed by atoms with E-state index in [-0.39, 0.29) is 6.10 Å². The summed E-state index contributed by atoms with van der Waals surface area (Å²) in [4.78, 5) is 4.60. The quantitative estimate of drug-likeness (QED) is 0.576. The minimum atomic E-state index is 0.00710. The molecule has 1 heterocycles. The first-order valence-corrected chi connectivity index (χ1v) is 8.41. The summed E-state index contributed by atoms with van der Waals surface area (Å²) in [5, 5.41) is 10.7. The average molecular weight is 329 g/mol. The van der Waals surface area contributed by atoms with E-state index >= 15 is 0 Å². The van der Waals surface area contributed by atoms with Crippen molar-refractivity contribution in [3.8, 4) is 5.75 Å². The minimum Gasteiger partial charge on any atom is -0.489 e. The lowest BCUT2D eigenvalue weighted by Crippen LogP contribution is -2.39. The number of ether oxygens (including phenoxy) is 1. The van der Waals surface area contributed by atoms with E-state index in [1.54, 1.807) is 6.20 Å². The van der Waals surface area contributed by atoms with Gasteiger partial charge in [-0.1, -0.05) is 18.2 Å². The molecule has 2 N–H and O–H groups in total. The molecule has 1 unspecified atom stereocenters. The largest absolute Gasteiger partial charge is 0.489 e. The van der Waals surface area contributed by atoms with E-state index in [2.05, 4.69) is 27.6 Å². The molecule has 130 valence electrons. The van der Waals surface area contributed by atoms with Crippen molar-refractivity contribution in [3.05, 3.63) is 48.3 Å². The number of benzene rings is 1. The fourth-order valence-corrected chi connectivity index (χ4v) is 2.23. The monoisotopic (exact) mass is 329 g/mol. The number of rotatable bonds is 8. The van der Waals surface area contributed by atoms with E-state index in [1.807, 2.05) is 55.1 Å². The Labute approximate surface area is 143 Å². The molecule has 0 bridgehead atoms. The van der Waals surface area contributed by atoms with Gasteiger partial charge in [-0.05, 0) is 38.5 Å². The fraction of sp³-hybridized carbons (Fsp3) is 0.444. The average Bonchev–Trinajstić information content (AvgIpc) is 3.08. The van der Waals surface area contributed by atoms with E-state index in [1.165, 1.54) is 0 Å². The van der Waals surface area contributed by atoms with Crippen LogP contribution in [0.1, 0.15) is 19.4 Å². The molecular formula is C18H27N5O. The van der Waals surface area contributed by atoms with Crippen LogP contribution in [0.25, 0.3) is 0 Å². The highest BCUT2D eigenvalue weighted by Crippen LogP contribution is 2.17. The number of guanidine groups is 1. The second-order valence-electron chi connectivity index (χ2n) is 5.61. The van der Waals surface area contributed by atoms with E-state index < -0.39 is 0 Å². The van der Waals surface area contributed by atoms with Gasteiger partial charge >= 0.3 is 0 Å². The Bertz CT molecular complexity index is 624. The molecule has 6 heteroatoms. The third-order valence-electron chi connectivity index (χ3n) is 3.47. The number of hydrogen-bond acceptors (Lipinski definition) is 3. The Balaban J connectivity index is 1.81. The number of aromatic nitrogens is 2. The third kappa shape index (κ3) is 5.95. The molecule has 2 aromatic rings. The highest BCUT2D eigenvalue weighted by atomic mass is 16.5. The summed E-state index contributed by atoms with van der Waals surface area (Å²) in [5.41, 5.74) is 1.14. The fourth-order valence-electron chi connectivity index (χ4n) is 2.23. The van der Waals surface area contributed by atoms with Crippen molar-refractivity contribution < 1.29 is 4.74 Å². The Morgan fingerprint density at radius 1 is 1.29 bits per heavy atom. The molecule has 6 nitrogen and oxygen atoms in total. The van der Waals surface area contributed by atoms with Gasteiger partial charge in [0.2, 0.25) is 0 Å². The third-order valence-corrected chi connectivity index (χ3v) is 3.47. The number of hydrogen-bond donors (Lipinski definition) is 2. The Morgan fingerprint density at radius 3 is 2.83 bits per heavy atom. The number of nitrogens with zero attached hydrogens (tertiary/aromatic N) is 3. The van der Waals surface area contributed by atoms with Crippen molar-refractivity contribution in [2.45, 2.75) is 33.4 Å². The summed E-state index contributed by atoms with van der Waals surface area (Å²) in [7, 11) is 0. The molecule has 0 aliphatic heterocycles. The van der Waals surface area contributed by atoms with Gasteiger partial charge in [0.1, 0.15) is 11.9 Å². The highest BCUT2D eigenvalue weighted by Gasteiger charge is 2.06. The van der Waals surface area contributed by atoms with Crippen LogP contribution in [0.2, 0.25) is 0 Å². The maximum Gasteiger partial charge on any atom is 0.191 e. The standard InChI is InChI=1S/C18H27N5O/c1-4-19-18(20-11-13-23-12-7-10-22-23)21-14-16(3)24-17-9-6-5-8-15(17)2/h5-10,12,16H,4,11,13-14H2,1-3H3,(H2,19,20,21). The van der Waals surface area contributed by atoms with Crippen molar-refractivity contribution in [2.24, 2.45) is 4.99 Å². The molecular weight excluding hydrogens is 302 g/mol. The number of aryl methyl sites for hydroxylation is 1. The predicted octanol–water partition coefficient (Wildman–Crippen LogP) is 2.21. The van der Waals surface area contributed by atoms with Crippen molar-refractivity contribution in [1.29, 1.82) is 0 Å². The Kier molecular flexibility index (Phi) is 7.14. The zero-order chi connectivity index (χ0) is 17.2. The Hall–Kier alpha value is -2.50. The molecule has 1 atom stereocenters. The van der Waals surface area contributed by atoms with E-state index in [0.29, 0.717) is 6.54 Å². The topological polar surface area (TPSA) is 63.5 Å². The van der Waals surface area contributed by atoms with Crippen LogP contribution >= 0.6 is 0 Å². The molecule has 0 aliphatic carbocycles. The van der Waals surface area contributed by atoms with Crippen LogP contribution in [-0.2, 0) is 6.54 Å². The molecule has 0 amide bonds. The van der Waals surface area contributed by atoms with Gasteiger partial charge in [-0.15, -0.1) is 0 Å². The molecule has 1 aromatic carbocycles. The van der Waals surface area contributed by atoms with Crippen LogP contribution in [0, 0.1) is 6.92 Å². The predicted molar refractivity (Wildman–Crippen MR) is 97.5 cm³/mol. The SMILES string of the molecule is CCNC(=NCC(C)Oc1ccccc1C)NCCn1cccn1. The van der Waals surface area contributed by atoms with Crippen LogP contribution in [0.5, 0.6) is 5.75 Å². The van der Waals surface area contributed by atoms with Crippen LogP contribution in [0.4, 0.5) is 0 Å². The first kappa shape index (κ1) is 17.8. The summed E-state index contributed by atoms with van der Waals surface area (Å²) in [6.07, 6.45) is 3.74. The van der Waals surface area contributed by atoms with Gasteiger partial charge in [0.25, 0.3) is 0 Å². The van der Waals surface area contributed by atoms with E-state index in [9.17, 15) is 0 Å². The number of para-hydroxylation sites is 1. The summed E-state index contributed by atoms with van der Waals surface area (Å²) in [6, 6.07) is 9.95. The minimum absolute atomic E-state index is 0.00710. The van der Waals surface area contributed by atoms with Crippen LogP contribution in [0.15, 0.2) is 47.7 Å². The Morgan fingerprint density at radius 2 is 2.12 bits per heavy atom. The molecule has 0 radical (unpaired) electrons. The number of nitrogens with one attached hydrogen (secondary N) is 2. The first-order chi connectivity index (χ1) is 11.7. The summed E-state index contributed by atoms with van der Waals surface area (Å²) in [6.45, 7) is 9.10. The van der Waals surface area contributed by atoms with Crippen LogP contribution in [-0.4, -0.2) is 41.5 Å². The van der Waals surface area contributed by atoms with Gasteiger partial charge in [0, 0.05) is 25.5 Å². The van der Waals surface area contributed by atoms with Gasteiger partial charge in [0.15, 0.2) is 5.96 Å². The molecule has 0 saturated heterocycles. The lowest BCUT2D eigenvalue weighted by molar-refractivity contribution is 0.228. The van der Waals surface area contributed by atoms with Crippen LogP contribution < -0.4 is 15.4 Å². The van der Waals surface area contributed by atoms with Gasteiger partial charge in [-0.2, -0.15) is 5.10 Å². The first-order valence-electron chi connectivity index (χ1n) is 8.41. The molecule has 2 rings (SSSR count). The highest BCUT2D eigenvalue weighted by molar-refractivity contribution is 5.79. The van der Waals surface area contributed by atoms with Crippen molar-refractivity contribution in [1.82, 2.24) is 20.4 Å². The number of aliphatic imine (C=N–C) groups is 1. The lowest BCUT2D eigenvalue weighted by Gasteiger charge is -2.16. The van der Waals surface area contributed by atoms with Crippen LogP contribution in [0.3, 0.4) is 0 Å². The van der Waals surface area contributed by atoms with Gasteiger partial charge in [-0.25, -0.2) is 4.99 Å². The van der Waals surface area contributed by atoms with Gasteiger partial charge < -0.3 is 15.4 Å². The normalized spacial score (nSPS) is 12.7. The maximum absolute atomic E-state index is 5.96. The summed E-state index contributed by atoms with van der Waals surface area (Å²) in [5.74, 6) is 1.71. The van der Waals surface area contributed by atoms with Crippen molar-refractivity contribution >= 4 is 5.96 Å². The maximum atomic E-state index is 5.96. The second kappa shape index (κ2) is 9.60.